The zero-order chi connectivity index (χ0) is 20.3. The van der Waals surface area contributed by atoms with Crippen molar-refractivity contribution in [1.82, 2.24) is 0 Å². The monoisotopic (exact) mass is 378 g/mol. The topological polar surface area (TPSA) is 52.6 Å². The van der Waals surface area contributed by atoms with Crippen LogP contribution in [-0.2, 0) is 20.7 Å². The van der Waals surface area contributed by atoms with E-state index in [9.17, 15) is 14.0 Å². The minimum absolute atomic E-state index is 0.132. The first-order valence-electron chi connectivity index (χ1n) is 8.71. The van der Waals surface area contributed by atoms with Crippen molar-refractivity contribution in [3.05, 3.63) is 78.7 Å². The summed E-state index contributed by atoms with van der Waals surface area (Å²) in [5.74, 6) is -1.84. The van der Waals surface area contributed by atoms with E-state index >= 15 is 0 Å². The predicted octanol–water partition coefficient (Wildman–Crippen LogP) is 4.89. The molecule has 0 aliphatic rings. The Kier molecular flexibility index (Phi) is 5.54. The van der Waals surface area contributed by atoms with Gasteiger partial charge in [-0.3, -0.25) is 0 Å². The highest BCUT2D eigenvalue weighted by molar-refractivity contribution is 6.08. The van der Waals surface area contributed by atoms with E-state index in [2.05, 4.69) is 13.2 Å². The number of rotatable bonds is 6. The van der Waals surface area contributed by atoms with Crippen LogP contribution >= 0.6 is 0 Å². The van der Waals surface area contributed by atoms with Crippen LogP contribution in [0.1, 0.15) is 12.5 Å². The third kappa shape index (κ3) is 3.93. The van der Waals surface area contributed by atoms with Crippen molar-refractivity contribution in [3.63, 3.8) is 0 Å². The van der Waals surface area contributed by atoms with Crippen molar-refractivity contribution >= 4 is 33.5 Å². The van der Waals surface area contributed by atoms with Gasteiger partial charge in [0.2, 0.25) is 0 Å². The van der Waals surface area contributed by atoms with Crippen molar-refractivity contribution in [1.29, 1.82) is 0 Å². The van der Waals surface area contributed by atoms with E-state index in [4.69, 9.17) is 9.47 Å². The minimum Gasteiger partial charge on any atom is -0.462 e. The number of halogens is 1. The van der Waals surface area contributed by atoms with Gasteiger partial charge in [-0.2, -0.15) is 0 Å². The number of fused-ring (bicyclic) bond motifs is 3. The molecule has 3 aromatic rings. The standard InChI is InChI=1S/C23H19FO4/c1-4-21(25)28-20-10-9-18-17-7-5-15(11-12-27-23(26)14(2)3)13-16(17)6-8-19(18)22(20)24/h4-10,13H,1-2,11-12H2,3H3. The number of carbonyl (C=O) groups excluding carboxylic acids is 2. The average Bonchev–Trinajstić information content (AvgIpc) is 2.69. The molecule has 0 amide bonds. The Morgan fingerprint density at radius 1 is 1.07 bits per heavy atom. The van der Waals surface area contributed by atoms with E-state index in [1.54, 1.807) is 19.1 Å². The zero-order valence-electron chi connectivity index (χ0n) is 15.5. The molecule has 0 spiro atoms. The quantitative estimate of drug-likeness (QED) is 0.265. The van der Waals surface area contributed by atoms with Crippen LogP contribution in [0.15, 0.2) is 67.3 Å². The maximum absolute atomic E-state index is 14.7. The first-order chi connectivity index (χ1) is 13.4. The maximum atomic E-state index is 14.7. The summed E-state index contributed by atoms with van der Waals surface area (Å²) in [6.45, 7) is 8.72. The summed E-state index contributed by atoms with van der Waals surface area (Å²) >= 11 is 0. The summed E-state index contributed by atoms with van der Waals surface area (Å²) in [6.07, 6.45) is 1.55. The second kappa shape index (κ2) is 8.05. The molecule has 0 N–H and O–H groups in total. The molecule has 4 nitrogen and oxygen atoms in total. The lowest BCUT2D eigenvalue weighted by molar-refractivity contribution is -0.138. The van der Waals surface area contributed by atoms with Gasteiger partial charge in [0.05, 0.1) is 6.61 Å². The molecular weight excluding hydrogens is 359 g/mol. The summed E-state index contributed by atoms with van der Waals surface area (Å²) in [5, 5.41) is 2.89. The van der Waals surface area contributed by atoms with Gasteiger partial charge in [0.15, 0.2) is 11.6 Å². The van der Waals surface area contributed by atoms with Crippen LogP contribution in [0.3, 0.4) is 0 Å². The van der Waals surface area contributed by atoms with Crippen molar-refractivity contribution in [2.75, 3.05) is 6.61 Å². The van der Waals surface area contributed by atoms with Gasteiger partial charge in [0.25, 0.3) is 0 Å². The third-order valence-electron chi connectivity index (χ3n) is 4.33. The van der Waals surface area contributed by atoms with Crippen LogP contribution in [0.25, 0.3) is 21.5 Å². The molecule has 0 fully saturated rings. The van der Waals surface area contributed by atoms with Gasteiger partial charge >= 0.3 is 11.9 Å². The van der Waals surface area contributed by atoms with Crippen LogP contribution in [0.4, 0.5) is 4.39 Å². The smallest absolute Gasteiger partial charge is 0.335 e. The molecule has 0 saturated carbocycles. The van der Waals surface area contributed by atoms with Crippen molar-refractivity contribution in [2.45, 2.75) is 13.3 Å². The van der Waals surface area contributed by atoms with E-state index in [-0.39, 0.29) is 12.4 Å². The lowest BCUT2D eigenvalue weighted by Crippen LogP contribution is -2.08. The fourth-order valence-electron chi connectivity index (χ4n) is 2.91. The number of carbonyl (C=O) groups is 2. The van der Waals surface area contributed by atoms with Crippen LogP contribution in [-0.4, -0.2) is 18.5 Å². The lowest BCUT2D eigenvalue weighted by atomic mass is 9.99. The summed E-state index contributed by atoms with van der Waals surface area (Å²) in [5.41, 5.74) is 1.36. The molecule has 0 aliphatic carbocycles. The molecule has 0 unspecified atom stereocenters. The normalized spacial score (nSPS) is 10.6. The van der Waals surface area contributed by atoms with Crippen molar-refractivity contribution in [2.24, 2.45) is 0 Å². The summed E-state index contributed by atoms with van der Waals surface area (Å²) < 4.78 is 24.8. The molecule has 0 aliphatic heterocycles. The first-order valence-corrected chi connectivity index (χ1v) is 8.71. The fourth-order valence-corrected chi connectivity index (χ4v) is 2.91. The molecule has 3 rings (SSSR count). The van der Waals surface area contributed by atoms with Gasteiger partial charge in [-0.25, -0.2) is 14.0 Å². The van der Waals surface area contributed by atoms with E-state index in [1.165, 1.54) is 6.07 Å². The van der Waals surface area contributed by atoms with Crippen molar-refractivity contribution in [3.8, 4) is 5.75 Å². The SMILES string of the molecule is C=CC(=O)Oc1ccc2c(ccc3cc(CCOC(=O)C(=C)C)ccc32)c1F. The first kappa shape index (κ1) is 19.3. The third-order valence-corrected chi connectivity index (χ3v) is 4.33. The Hall–Kier alpha value is -3.47. The Morgan fingerprint density at radius 3 is 2.50 bits per heavy atom. The van der Waals surface area contributed by atoms with Gasteiger partial charge in [-0.1, -0.05) is 43.5 Å². The van der Waals surface area contributed by atoms with Crippen LogP contribution in [0.5, 0.6) is 5.75 Å². The Morgan fingerprint density at radius 2 is 1.79 bits per heavy atom. The van der Waals surface area contributed by atoms with Gasteiger partial charge < -0.3 is 9.47 Å². The summed E-state index contributed by atoms with van der Waals surface area (Å²) in [7, 11) is 0. The highest BCUT2D eigenvalue weighted by Crippen LogP contribution is 2.32. The average molecular weight is 378 g/mol. The molecule has 0 aromatic heterocycles. The molecule has 0 saturated heterocycles. The summed E-state index contributed by atoms with van der Waals surface area (Å²) in [6, 6.07) is 12.4. The number of ether oxygens (including phenoxy) is 2. The van der Waals surface area contributed by atoms with Crippen molar-refractivity contribution < 1.29 is 23.5 Å². The number of hydrogen-bond donors (Lipinski definition) is 0. The van der Waals surface area contributed by atoms with Gasteiger partial charge in [-0.05, 0) is 40.8 Å². The van der Waals surface area contributed by atoms with Gasteiger partial charge in [0.1, 0.15) is 0 Å². The van der Waals surface area contributed by atoms with E-state index in [0.29, 0.717) is 22.8 Å². The molecule has 0 bridgehead atoms. The molecule has 142 valence electrons. The maximum Gasteiger partial charge on any atom is 0.335 e. The number of esters is 2. The molecule has 0 atom stereocenters. The second-order valence-corrected chi connectivity index (χ2v) is 6.39. The molecule has 28 heavy (non-hydrogen) atoms. The fraction of sp³-hybridized carbons (Fsp3) is 0.130. The highest BCUT2D eigenvalue weighted by atomic mass is 19.1. The zero-order valence-corrected chi connectivity index (χ0v) is 15.5. The molecular formula is C23H19FO4. The minimum atomic E-state index is -0.712. The van der Waals surface area contributed by atoms with Crippen LogP contribution in [0, 0.1) is 5.82 Å². The summed E-state index contributed by atoms with van der Waals surface area (Å²) in [4.78, 5) is 22.8. The number of benzene rings is 3. The predicted molar refractivity (Wildman–Crippen MR) is 107 cm³/mol. The largest absolute Gasteiger partial charge is 0.462 e. The molecule has 0 radical (unpaired) electrons. The van der Waals surface area contributed by atoms with E-state index < -0.39 is 17.8 Å². The van der Waals surface area contributed by atoms with E-state index in [1.807, 2.05) is 24.3 Å². The highest BCUT2D eigenvalue weighted by Gasteiger charge is 2.13. The van der Waals surface area contributed by atoms with Gasteiger partial charge in [-0.15, -0.1) is 0 Å². The molecule has 5 heteroatoms. The van der Waals surface area contributed by atoms with Gasteiger partial charge in [0, 0.05) is 23.5 Å². The Bertz CT molecular complexity index is 1110. The van der Waals surface area contributed by atoms with Crippen LogP contribution in [0.2, 0.25) is 0 Å². The lowest BCUT2D eigenvalue weighted by Gasteiger charge is -2.10. The molecule has 3 aromatic carbocycles. The van der Waals surface area contributed by atoms with Crippen LogP contribution < -0.4 is 4.74 Å². The number of hydrogen-bond acceptors (Lipinski definition) is 4. The van der Waals surface area contributed by atoms with E-state index in [0.717, 1.165) is 22.4 Å². The Balaban J connectivity index is 1.89. The Labute approximate surface area is 161 Å². The second-order valence-electron chi connectivity index (χ2n) is 6.39. The molecule has 0 heterocycles.